The lowest BCUT2D eigenvalue weighted by molar-refractivity contribution is -0.137. The zero-order valence-electron chi connectivity index (χ0n) is 18.9. The number of carbonyl (C=O) groups excluding carboxylic acids is 1. The average molecular weight is 484 g/mol. The molecule has 1 heterocycles. The van der Waals surface area contributed by atoms with Crippen LogP contribution in [0.3, 0.4) is 0 Å². The molecular formula is C23H28F3N3O3S. The summed E-state index contributed by atoms with van der Waals surface area (Å²) in [7, 11) is -3.72. The highest BCUT2D eigenvalue weighted by Crippen LogP contribution is 2.32. The number of hydrogen-bond donors (Lipinski definition) is 0. The third kappa shape index (κ3) is 5.33. The molecule has 33 heavy (non-hydrogen) atoms. The molecule has 1 saturated heterocycles. The molecule has 3 rings (SSSR count). The van der Waals surface area contributed by atoms with E-state index in [9.17, 15) is 26.4 Å². The molecule has 1 aliphatic heterocycles. The van der Waals surface area contributed by atoms with E-state index in [0.29, 0.717) is 50.5 Å². The number of piperazine rings is 1. The van der Waals surface area contributed by atoms with E-state index < -0.39 is 21.8 Å². The molecule has 1 aliphatic rings. The van der Waals surface area contributed by atoms with E-state index in [0.717, 1.165) is 12.1 Å². The number of anilines is 1. The Morgan fingerprint density at radius 1 is 1.00 bits per heavy atom. The summed E-state index contributed by atoms with van der Waals surface area (Å²) in [5.74, 6) is -0.297. The van der Waals surface area contributed by atoms with Crippen molar-refractivity contribution in [3.05, 3.63) is 59.2 Å². The second-order valence-corrected chi connectivity index (χ2v) is 9.80. The smallest absolute Gasteiger partial charge is 0.368 e. The fraction of sp³-hybridized carbons (Fsp3) is 0.435. The maximum Gasteiger partial charge on any atom is 0.416 e. The van der Waals surface area contributed by atoms with Gasteiger partial charge in [-0.1, -0.05) is 26.0 Å². The maximum absolute atomic E-state index is 13.1. The number of benzene rings is 2. The molecule has 0 unspecified atom stereocenters. The van der Waals surface area contributed by atoms with Crippen molar-refractivity contribution < 1.29 is 26.4 Å². The molecule has 2 aromatic rings. The molecule has 10 heteroatoms. The minimum atomic E-state index is -4.41. The number of alkyl halides is 3. The Kier molecular flexibility index (Phi) is 7.38. The molecule has 1 amide bonds. The first-order chi connectivity index (χ1) is 15.5. The van der Waals surface area contributed by atoms with Gasteiger partial charge in [-0.05, 0) is 42.8 Å². The van der Waals surface area contributed by atoms with Crippen LogP contribution < -0.4 is 4.90 Å². The van der Waals surface area contributed by atoms with Gasteiger partial charge in [-0.2, -0.15) is 17.5 Å². The van der Waals surface area contributed by atoms with E-state index in [1.54, 1.807) is 43.9 Å². The lowest BCUT2D eigenvalue weighted by atomic mass is 10.1. The van der Waals surface area contributed by atoms with Crippen LogP contribution in [0.5, 0.6) is 0 Å². The third-order valence-corrected chi connectivity index (χ3v) is 8.06. The number of rotatable bonds is 6. The highest BCUT2D eigenvalue weighted by Gasteiger charge is 2.31. The van der Waals surface area contributed by atoms with Crippen LogP contribution in [0, 0.1) is 6.92 Å². The van der Waals surface area contributed by atoms with Gasteiger partial charge in [0.25, 0.3) is 5.91 Å². The molecule has 0 spiro atoms. The Labute approximate surface area is 192 Å². The van der Waals surface area contributed by atoms with Gasteiger partial charge in [0.2, 0.25) is 10.0 Å². The lowest BCUT2D eigenvalue weighted by Gasteiger charge is -2.36. The predicted molar refractivity (Wildman–Crippen MR) is 121 cm³/mol. The Bertz CT molecular complexity index is 1110. The molecule has 6 nitrogen and oxygen atoms in total. The molecule has 0 N–H and O–H groups in total. The lowest BCUT2D eigenvalue weighted by Crippen LogP contribution is -2.48. The van der Waals surface area contributed by atoms with Crippen LogP contribution in [0.15, 0.2) is 47.4 Å². The van der Waals surface area contributed by atoms with Crippen molar-refractivity contribution in [2.75, 3.05) is 44.2 Å². The van der Waals surface area contributed by atoms with Gasteiger partial charge in [-0.3, -0.25) is 4.79 Å². The van der Waals surface area contributed by atoms with Crippen LogP contribution in [-0.2, 0) is 16.2 Å². The van der Waals surface area contributed by atoms with Gasteiger partial charge in [0.15, 0.2) is 0 Å². The minimum absolute atomic E-state index is 0.111. The van der Waals surface area contributed by atoms with Gasteiger partial charge in [-0.15, -0.1) is 0 Å². The van der Waals surface area contributed by atoms with E-state index in [1.807, 2.05) is 4.90 Å². The third-order valence-electron chi connectivity index (χ3n) is 5.86. The van der Waals surface area contributed by atoms with Gasteiger partial charge < -0.3 is 9.80 Å². The van der Waals surface area contributed by atoms with Crippen molar-refractivity contribution in [3.63, 3.8) is 0 Å². The van der Waals surface area contributed by atoms with E-state index in [1.165, 1.54) is 16.4 Å². The number of nitrogens with zero attached hydrogens (tertiary/aromatic N) is 3. The van der Waals surface area contributed by atoms with Crippen molar-refractivity contribution in [3.8, 4) is 0 Å². The van der Waals surface area contributed by atoms with Crippen LogP contribution in [0.2, 0.25) is 0 Å². The van der Waals surface area contributed by atoms with Crippen molar-refractivity contribution in [1.29, 1.82) is 0 Å². The van der Waals surface area contributed by atoms with Gasteiger partial charge in [0, 0.05) is 50.5 Å². The van der Waals surface area contributed by atoms with Gasteiger partial charge >= 0.3 is 6.18 Å². The summed E-state index contributed by atoms with van der Waals surface area (Å²) in [5, 5.41) is 0. The van der Waals surface area contributed by atoms with Crippen LogP contribution >= 0.6 is 0 Å². The van der Waals surface area contributed by atoms with E-state index >= 15 is 0 Å². The first-order valence-corrected chi connectivity index (χ1v) is 12.2. The molecule has 1 fully saturated rings. The fourth-order valence-corrected chi connectivity index (χ4v) is 5.65. The number of hydrogen-bond acceptors (Lipinski definition) is 4. The Morgan fingerprint density at radius 3 is 2.21 bits per heavy atom. The van der Waals surface area contributed by atoms with E-state index in [4.69, 9.17) is 0 Å². The summed E-state index contributed by atoms with van der Waals surface area (Å²) in [4.78, 5) is 16.6. The quantitative estimate of drug-likeness (QED) is 0.623. The first-order valence-electron chi connectivity index (χ1n) is 10.8. The maximum atomic E-state index is 13.1. The average Bonchev–Trinajstić information content (AvgIpc) is 2.79. The summed E-state index contributed by atoms with van der Waals surface area (Å²) in [6.07, 6.45) is -4.41. The normalized spacial score (nSPS) is 15.2. The molecule has 0 aromatic heterocycles. The van der Waals surface area contributed by atoms with Crippen molar-refractivity contribution in [2.24, 2.45) is 0 Å². The number of carbonyl (C=O) groups is 1. The molecule has 0 radical (unpaired) electrons. The molecule has 0 saturated carbocycles. The summed E-state index contributed by atoms with van der Waals surface area (Å²) in [5.41, 5.74) is 0.589. The Balaban J connectivity index is 1.75. The SMILES string of the molecule is CCN(CC)S(=O)(=O)c1cc(C(=O)N2CCN(c3cccc(C(F)(F)F)c3)CC2)ccc1C. The topological polar surface area (TPSA) is 60.9 Å². The van der Waals surface area contributed by atoms with Crippen LogP contribution in [-0.4, -0.2) is 62.8 Å². The monoisotopic (exact) mass is 483 g/mol. The zero-order chi connectivity index (χ0) is 24.4. The van der Waals surface area contributed by atoms with Gasteiger partial charge in [0.1, 0.15) is 0 Å². The zero-order valence-corrected chi connectivity index (χ0v) is 19.7. The summed E-state index contributed by atoms with van der Waals surface area (Å²) in [6.45, 7) is 7.26. The van der Waals surface area contributed by atoms with Crippen molar-refractivity contribution in [1.82, 2.24) is 9.21 Å². The molecular weight excluding hydrogens is 455 g/mol. The summed E-state index contributed by atoms with van der Waals surface area (Å²) in [6, 6.07) is 9.80. The van der Waals surface area contributed by atoms with Crippen molar-refractivity contribution in [2.45, 2.75) is 31.8 Å². The number of sulfonamides is 1. The van der Waals surface area contributed by atoms with Crippen LogP contribution in [0.25, 0.3) is 0 Å². The molecule has 0 bridgehead atoms. The number of halogens is 3. The Hall–Kier alpha value is -2.59. The van der Waals surface area contributed by atoms with Crippen molar-refractivity contribution >= 4 is 21.6 Å². The van der Waals surface area contributed by atoms with Crippen LogP contribution in [0.4, 0.5) is 18.9 Å². The second-order valence-electron chi connectivity index (χ2n) is 7.90. The molecule has 180 valence electrons. The minimum Gasteiger partial charge on any atom is -0.368 e. The van der Waals surface area contributed by atoms with Gasteiger partial charge in [0.05, 0.1) is 10.5 Å². The number of amides is 1. The van der Waals surface area contributed by atoms with Gasteiger partial charge in [-0.25, -0.2) is 8.42 Å². The summed E-state index contributed by atoms with van der Waals surface area (Å²) >= 11 is 0. The first kappa shape index (κ1) is 25.0. The van der Waals surface area contributed by atoms with Crippen LogP contribution in [0.1, 0.15) is 35.3 Å². The summed E-state index contributed by atoms with van der Waals surface area (Å²) < 4.78 is 66.3. The highest BCUT2D eigenvalue weighted by atomic mass is 32.2. The molecule has 0 aliphatic carbocycles. The van der Waals surface area contributed by atoms with E-state index in [-0.39, 0.29) is 16.4 Å². The number of aryl methyl sites for hydroxylation is 1. The highest BCUT2D eigenvalue weighted by molar-refractivity contribution is 7.89. The predicted octanol–water partition coefficient (Wildman–Crippen LogP) is 4.01. The second kappa shape index (κ2) is 9.72. The fourth-order valence-electron chi connectivity index (χ4n) is 3.94. The van der Waals surface area contributed by atoms with E-state index in [2.05, 4.69) is 0 Å². The Morgan fingerprint density at radius 2 is 1.64 bits per heavy atom. The standard InChI is InChI=1S/C23H28F3N3O3S/c1-4-29(5-2)33(31,32)21-15-18(10-9-17(21)3)22(30)28-13-11-27(12-14-28)20-8-6-7-19(16-20)23(24,25)26/h6-10,15-16H,4-5,11-14H2,1-3H3. The molecule has 2 aromatic carbocycles. The largest absolute Gasteiger partial charge is 0.416 e. The molecule has 0 atom stereocenters.